The lowest BCUT2D eigenvalue weighted by molar-refractivity contribution is -0.137. The van der Waals surface area contributed by atoms with Gasteiger partial charge in [0.2, 0.25) is 11.8 Å². The minimum Gasteiger partial charge on any atom is -0.326 e. The summed E-state index contributed by atoms with van der Waals surface area (Å²) in [7, 11) is 0. The molecule has 1 heterocycles. The summed E-state index contributed by atoms with van der Waals surface area (Å²) in [6.45, 7) is 0. The van der Waals surface area contributed by atoms with Gasteiger partial charge in [-0.15, -0.1) is 5.10 Å². The maximum absolute atomic E-state index is 12.8. The van der Waals surface area contributed by atoms with Gasteiger partial charge in [0.1, 0.15) is 11.1 Å². The number of amides is 2. The van der Waals surface area contributed by atoms with Crippen LogP contribution in [0, 0.1) is 5.82 Å². The Balaban J connectivity index is 1.56. The monoisotopic (exact) mass is 438 g/mol. The van der Waals surface area contributed by atoms with E-state index in [2.05, 4.69) is 20.8 Å². The van der Waals surface area contributed by atoms with Gasteiger partial charge < -0.3 is 10.6 Å². The number of amidine groups is 1. The third-order valence-electron chi connectivity index (χ3n) is 3.85. The first kappa shape index (κ1) is 21.5. The number of anilines is 1. The number of halogens is 4. The van der Waals surface area contributed by atoms with Gasteiger partial charge in [-0.05, 0) is 35.9 Å². The minimum atomic E-state index is -4.53. The Morgan fingerprint density at radius 3 is 2.63 bits per heavy atom. The van der Waals surface area contributed by atoms with Crippen molar-refractivity contribution in [3.63, 3.8) is 0 Å². The molecule has 2 N–H and O–H groups in total. The Bertz CT molecular complexity index is 1010. The third kappa shape index (κ3) is 5.89. The summed E-state index contributed by atoms with van der Waals surface area (Å²) in [5.41, 5.74) is -0.301. The molecule has 3 rings (SSSR count). The number of hydrogen-bond donors (Lipinski definition) is 2. The van der Waals surface area contributed by atoms with Gasteiger partial charge in [0.05, 0.1) is 11.8 Å². The number of nitrogens with one attached hydrogen (secondary N) is 2. The van der Waals surface area contributed by atoms with Gasteiger partial charge in [-0.2, -0.15) is 18.3 Å². The van der Waals surface area contributed by atoms with Gasteiger partial charge in [0.25, 0.3) is 0 Å². The van der Waals surface area contributed by atoms with Crippen molar-refractivity contribution in [2.24, 2.45) is 10.2 Å². The number of benzene rings is 2. The second-order valence-corrected chi connectivity index (χ2v) is 7.32. The summed E-state index contributed by atoms with van der Waals surface area (Å²) in [4.78, 5) is 24.1. The summed E-state index contributed by atoms with van der Waals surface area (Å²) < 4.78 is 51.1. The Labute approximate surface area is 172 Å². The van der Waals surface area contributed by atoms with E-state index in [0.717, 1.165) is 23.9 Å². The second kappa shape index (κ2) is 9.08. The SMILES string of the molecule is O=C(CC1S/C(=N/N=C/c2ccc(F)cc2)NC1=O)Nc1cccc(C(F)(F)F)c1. The zero-order chi connectivity index (χ0) is 21.7. The largest absolute Gasteiger partial charge is 0.416 e. The molecule has 1 unspecified atom stereocenters. The van der Waals surface area contributed by atoms with E-state index in [9.17, 15) is 27.2 Å². The number of alkyl halides is 3. The van der Waals surface area contributed by atoms with Gasteiger partial charge in [-0.25, -0.2) is 4.39 Å². The zero-order valence-corrected chi connectivity index (χ0v) is 15.9. The molecule has 0 saturated carbocycles. The van der Waals surface area contributed by atoms with Crippen molar-refractivity contribution >= 4 is 40.6 Å². The molecule has 0 radical (unpaired) electrons. The molecular weight excluding hydrogens is 424 g/mol. The first-order valence-corrected chi connectivity index (χ1v) is 9.40. The summed E-state index contributed by atoms with van der Waals surface area (Å²) in [6, 6.07) is 9.74. The molecule has 6 nitrogen and oxygen atoms in total. The fraction of sp³-hybridized carbons (Fsp3) is 0.158. The van der Waals surface area contributed by atoms with Crippen LogP contribution in [0.5, 0.6) is 0 Å². The van der Waals surface area contributed by atoms with E-state index in [1.54, 1.807) is 0 Å². The Kier molecular flexibility index (Phi) is 6.50. The maximum atomic E-state index is 12.8. The van der Waals surface area contributed by atoms with Crippen LogP contribution in [0.1, 0.15) is 17.5 Å². The van der Waals surface area contributed by atoms with Crippen LogP contribution >= 0.6 is 11.8 Å². The fourth-order valence-corrected chi connectivity index (χ4v) is 3.36. The van der Waals surface area contributed by atoms with Gasteiger partial charge in [-0.3, -0.25) is 9.59 Å². The van der Waals surface area contributed by atoms with Crippen molar-refractivity contribution in [1.82, 2.24) is 5.32 Å². The molecule has 1 atom stereocenters. The van der Waals surface area contributed by atoms with Crippen LogP contribution in [-0.4, -0.2) is 28.4 Å². The molecule has 0 aromatic heterocycles. The molecule has 11 heteroatoms. The van der Waals surface area contributed by atoms with Crippen molar-refractivity contribution in [1.29, 1.82) is 0 Å². The highest BCUT2D eigenvalue weighted by atomic mass is 32.2. The highest BCUT2D eigenvalue weighted by Crippen LogP contribution is 2.31. The maximum Gasteiger partial charge on any atom is 0.416 e. The van der Waals surface area contributed by atoms with Crippen molar-refractivity contribution in [2.45, 2.75) is 17.8 Å². The van der Waals surface area contributed by atoms with Crippen molar-refractivity contribution in [3.8, 4) is 0 Å². The molecule has 2 aromatic rings. The molecule has 0 spiro atoms. The summed E-state index contributed by atoms with van der Waals surface area (Å²) in [5, 5.41) is 11.8. The topological polar surface area (TPSA) is 82.9 Å². The van der Waals surface area contributed by atoms with E-state index in [1.807, 2.05) is 0 Å². The van der Waals surface area contributed by atoms with E-state index >= 15 is 0 Å². The molecule has 1 aliphatic rings. The number of carbonyl (C=O) groups excluding carboxylic acids is 2. The van der Waals surface area contributed by atoms with Crippen molar-refractivity contribution in [2.75, 3.05) is 5.32 Å². The number of nitrogens with zero attached hydrogens (tertiary/aromatic N) is 2. The molecular formula is C19H14F4N4O2S. The molecule has 1 saturated heterocycles. The Morgan fingerprint density at radius 2 is 1.93 bits per heavy atom. The van der Waals surface area contributed by atoms with Crippen LogP contribution in [0.4, 0.5) is 23.2 Å². The van der Waals surface area contributed by atoms with Crippen molar-refractivity contribution in [3.05, 3.63) is 65.5 Å². The third-order valence-corrected chi connectivity index (χ3v) is 4.92. The second-order valence-electron chi connectivity index (χ2n) is 6.13. The minimum absolute atomic E-state index is 0.0176. The van der Waals surface area contributed by atoms with Gasteiger partial charge in [0.15, 0.2) is 5.17 Å². The molecule has 30 heavy (non-hydrogen) atoms. The molecule has 2 amide bonds. The molecule has 156 valence electrons. The summed E-state index contributed by atoms with van der Waals surface area (Å²) in [5.74, 6) is -1.46. The first-order chi connectivity index (χ1) is 14.2. The van der Waals surface area contributed by atoms with Crippen LogP contribution in [0.2, 0.25) is 0 Å². The molecule has 0 aliphatic carbocycles. The average Bonchev–Trinajstić information content (AvgIpc) is 3.02. The highest BCUT2D eigenvalue weighted by molar-refractivity contribution is 8.15. The van der Waals surface area contributed by atoms with Crippen LogP contribution in [0.25, 0.3) is 0 Å². The van der Waals surface area contributed by atoms with Gasteiger partial charge in [-0.1, -0.05) is 30.0 Å². The van der Waals surface area contributed by atoms with Crippen LogP contribution in [0.3, 0.4) is 0 Å². The van der Waals surface area contributed by atoms with Gasteiger partial charge in [0, 0.05) is 12.1 Å². The van der Waals surface area contributed by atoms with E-state index in [4.69, 9.17) is 0 Å². The smallest absolute Gasteiger partial charge is 0.326 e. The molecule has 2 aromatic carbocycles. The van der Waals surface area contributed by atoms with E-state index in [0.29, 0.717) is 5.56 Å². The quantitative estimate of drug-likeness (QED) is 0.423. The lowest BCUT2D eigenvalue weighted by Gasteiger charge is -2.10. The lowest BCUT2D eigenvalue weighted by atomic mass is 10.2. The normalized spacial score (nSPS) is 18.1. The molecule has 1 aliphatic heterocycles. The first-order valence-electron chi connectivity index (χ1n) is 8.52. The van der Waals surface area contributed by atoms with E-state index in [1.165, 1.54) is 42.6 Å². The predicted molar refractivity (Wildman–Crippen MR) is 106 cm³/mol. The van der Waals surface area contributed by atoms with Crippen LogP contribution in [0.15, 0.2) is 58.7 Å². The fourth-order valence-electron chi connectivity index (χ4n) is 2.44. The van der Waals surface area contributed by atoms with E-state index in [-0.39, 0.29) is 23.1 Å². The van der Waals surface area contributed by atoms with Crippen LogP contribution < -0.4 is 10.6 Å². The Hall–Kier alpha value is -3.21. The van der Waals surface area contributed by atoms with Crippen molar-refractivity contribution < 1.29 is 27.2 Å². The highest BCUT2D eigenvalue weighted by Gasteiger charge is 2.33. The lowest BCUT2D eigenvalue weighted by Crippen LogP contribution is -2.28. The van der Waals surface area contributed by atoms with Crippen LogP contribution in [-0.2, 0) is 15.8 Å². The Morgan fingerprint density at radius 1 is 1.20 bits per heavy atom. The standard InChI is InChI=1S/C19H14F4N4O2S/c20-13-6-4-11(5-7-13)10-24-27-18-26-17(29)15(30-18)9-16(28)25-14-3-1-2-12(8-14)19(21,22)23/h1-8,10,15H,9H2,(H,25,28)(H,26,27,29)/b24-10+. The molecule has 0 bridgehead atoms. The number of thioether (sulfide) groups is 1. The average molecular weight is 438 g/mol. The summed E-state index contributed by atoms with van der Waals surface area (Å²) in [6.07, 6.45) is -3.41. The number of carbonyl (C=O) groups is 2. The number of hydrogen-bond acceptors (Lipinski definition) is 5. The summed E-state index contributed by atoms with van der Waals surface area (Å²) >= 11 is 0.977. The molecule has 1 fully saturated rings. The number of rotatable bonds is 5. The van der Waals surface area contributed by atoms with E-state index < -0.39 is 28.8 Å². The van der Waals surface area contributed by atoms with Gasteiger partial charge >= 0.3 is 6.18 Å². The predicted octanol–water partition coefficient (Wildman–Crippen LogP) is 3.79. The zero-order valence-electron chi connectivity index (χ0n) is 15.1.